The Hall–Kier alpha value is -2.55. The second-order valence-electron chi connectivity index (χ2n) is 7.95. The zero-order valence-electron chi connectivity index (χ0n) is 17.7. The molecule has 0 unspecified atom stereocenters. The maximum atomic E-state index is 12.8. The van der Waals surface area contributed by atoms with Crippen molar-refractivity contribution >= 4 is 33.1 Å². The van der Waals surface area contributed by atoms with Crippen molar-refractivity contribution in [2.45, 2.75) is 53.1 Å². The predicted molar refractivity (Wildman–Crippen MR) is 124 cm³/mol. The van der Waals surface area contributed by atoms with Crippen molar-refractivity contribution in [3.8, 4) is 0 Å². The lowest BCUT2D eigenvalue weighted by atomic mass is 10.1. The van der Waals surface area contributed by atoms with Gasteiger partial charge in [0, 0.05) is 30.0 Å². The summed E-state index contributed by atoms with van der Waals surface area (Å²) < 4.78 is 4.36. The van der Waals surface area contributed by atoms with Gasteiger partial charge in [0.1, 0.15) is 17.2 Å². The third-order valence-corrected chi connectivity index (χ3v) is 5.53. The van der Waals surface area contributed by atoms with Gasteiger partial charge in [-0.05, 0) is 46.8 Å². The molecule has 3 rings (SSSR count). The van der Waals surface area contributed by atoms with E-state index in [4.69, 9.17) is 5.73 Å². The molecular formula is C21H29BrN6O2. The highest BCUT2D eigenvalue weighted by Crippen LogP contribution is 2.21. The van der Waals surface area contributed by atoms with Crippen LogP contribution in [0.1, 0.15) is 45.7 Å². The minimum Gasteiger partial charge on any atom is -0.383 e. The highest BCUT2D eigenvalue weighted by atomic mass is 79.9. The van der Waals surface area contributed by atoms with Gasteiger partial charge in [-0.25, -0.2) is 9.78 Å². The first-order chi connectivity index (χ1) is 14.3. The number of pyridine rings is 1. The number of anilines is 2. The van der Waals surface area contributed by atoms with E-state index in [-0.39, 0.29) is 5.82 Å². The Bertz CT molecular complexity index is 1130. The second kappa shape index (κ2) is 9.51. The van der Waals surface area contributed by atoms with Crippen molar-refractivity contribution in [3.05, 3.63) is 55.5 Å². The van der Waals surface area contributed by atoms with Crippen molar-refractivity contribution < 1.29 is 0 Å². The molecule has 0 amide bonds. The van der Waals surface area contributed by atoms with Crippen LogP contribution in [0.15, 0.2) is 38.6 Å². The fourth-order valence-electron chi connectivity index (χ4n) is 3.39. The van der Waals surface area contributed by atoms with Crippen LogP contribution in [-0.2, 0) is 13.1 Å². The predicted octanol–water partition coefficient (Wildman–Crippen LogP) is 3.38. The molecule has 9 heteroatoms. The Balaban J connectivity index is 2.02. The largest absolute Gasteiger partial charge is 0.383 e. The van der Waals surface area contributed by atoms with Gasteiger partial charge in [0.25, 0.3) is 5.56 Å². The zero-order chi connectivity index (χ0) is 21.8. The summed E-state index contributed by atoms with van der Waals surface area (Å²) >= 11 is 3.47. The molecule has 0 atom stereocenters. The van der Waals surface area contributed by atoms with E-state index in [2.05, 4.69) is 39.7 Å². The van der Waals surface area contributed by atoms with Gasteiger partial charge in [0.15, 0.2) is 0 Å². The van der Waals surface area contributed by atoms with Crippen LogP contribution in [0.4, 0.5) is 11.5 Å². The van der Waals surface area contributed by atoms with E-state index < -0.39 is 11.2 Å². The molecule has 0 aliphatic heterocycles. The molecular weight excluding hydrogens is 448 g/mol. The molecule has 162 valence electrons. The van der Waals surface area contributed by atoms with Crippen molar-refractivity contribution in [1.82, 2.24) is 18.9 Å². The Morgan fingerprint density at radius 1 is 1.27 bits per heavy atom. The summed E-state index contributed by atoms with van der Waals surface area (Å²) in [6.45, 7) is 7.85. The maximum absolute atomic E-state index is 12.8. The van der Waals surface area contributed by atoms with Gasteiger partial charge < -0.3 is 15.0 Å². The molecule has 3 aromatic heterocycles. The van der Waals surface area contributed by atoms with Crippen LogP contribution in [0.25, 0.3) is 5.65 Å². The average molecular weight is 477 g/mol. The lowest BCUT2D eigenvalue weighted by molar-refractivity contribution is 0.564. The topological polar surface area (TPSA) is 101 Å². The van der Waals surface area contributed by atoms with Gasteiger partial charge in [-0.1, -0.05) is 27.2 Å². The number of nitrogens with two attached hydrogens (primary N) is 1. The SMILES string of the molecule is CCCCn1c(N)c(N(CCC(C)C)Cc2cn3cc(Br)ccc3n2)c(=O)[nH]c1=O. The molecule has 30 heavy (non-hydrogen) atoms. The highest BCUT2D eigenvalue weighted by molar-refractivity contribution is 9.10. The summed E-state index contributed by atoms with van der Waals surface area (Å²) in [6, 6.07) is 3.87. The fraction of sp³-hybridized carbons (Fsp3) is 0.476. The number of nitrogens with zero attached hydrogens (tertiary/aromatic N) is 4. The van der Waals surface area contributed by atoms with Gasteiger partial charge >= 0.3 is 5.69 Å². The van der Waals surface area contributed by atoms with E-state index in [0.29, 0.717) is 31.2 Å². The molecule has 0 saturated heterocycles. The molecule has 0 aromatic carbocycles. The normalized spacial score (nSPS) is 11.5. The first kappa shape index (κ1) is 22.1. The zero-order valence-corrected chi connectivity index (χ0v) is 19.3. The van der Waals surface area contributed by atoms with Crippen LogP contribution >= 0.6 is 15.9 Å². The molecule has 0 bridgehead atoms. The summed E-state index contributed by atoms with van der Waals surface area (Å²) in [6.07, 6.45) is 6.50. The molecule has 0 aliphatic rings. The van der Waals surface area contributed by atoms with Gasteiger partial charge in [-0.3, -0.25) is 14.3 Å². The highest BCUT2D eigenvalue weighted by Gasteiger charge is 2.20. The van der Waals surface area contributed by atoms with Crippen molar-refractivity contribution in [2.24, 2.45) is 5.92 Å². The summed E-state index contributed by atoms with van der Waals surface area (Å²) in [5.74, 6) is 0.670. The second-order valence-corrected chi connectivity index (χ2v) is 8.86. The number of unbranched alkanes of at least 4 members (excludes halogenated alkanes) is 1. The monoisotopic (exact) mass is 476 g/mol. The van der Waals surface area contributed by atoms with Crippen LogP contribution in [0, 0.1) is 5.92 Å². The number of hydrogen-bond acceptors (Lipinski definition) is 5. The third kappa shape index (κ3) is 4.95. The molecule has 0 radical (unpaired) electrons. The Morgan fingerprint density at radius 3 is 2.73 bits per heavy atom. The summed E-state index contributed by atoms with van der Waals surface area (Å²) in [7, 11) is 0. The van der Waals surface area contributed by atoms with E-state index in [1.165, 1.54) is 4.57 Å². The first-order valence-electron chi connectivity index (χ1n) is 10.3. The van der Waals surface area contributed by atoms with Crippen molar-refractivity contribution in [2.75, 3.05) is 17.2 Å². The molecule has 3 aromatic rings. The molecule has 3 N–H and O–H groups in total. The van der Waals surface area contributed by atoms with Gasteiger partial charge in [0.2, 0.25) is 0 Å². The van der Waals surface area contributed by atoms with Crippen LogP contribution in [0.3, 0.4) is 0 Å². The minimum absolute atomic E-state index is 0.215. The Morgan fingerprint density at radius 2 is 2.03 bits per heavy atom. The van der Waals surface area contributed by atoms with Gasteiger partial charge in [-0.2, -0.15) is 0 Å². The molecule has 3 heterocycles. The number of fused-ring (bicyclic) bond motifs is 1. The number of halogens is 1. The molecule has 0 spiro atoms. The standard InChI is InChI=1S/C21H29BrN6O2/c1-4-5-9-28-19(23)18(20(29)25-21(28)30)26(10-8-14(2)3)12-16-13-27-11-15(22)6-7-17(27)24-16/h6-7,11,13-14H,4-5,8-10,12,23H2,1-3H3,(H,25,29,30). The number of rotatable bonds is 9. The minimum atomic E-state index is -0.462. The summed E-state index contributed by atoms with van der Waals surface area (Å²) in [4.78, 5) is 34.1. The number of nitrogens with one attached hydrogen (secondary N) is 1. The van der Waals surface area contributed by atoms with Gasteiger partial charge in [0.05, 0.1) is 12.2 Å². The van der Waals surface area contributed by atoms with E-state index in [1.807, 2.05) is 40.8 Å². The first-order valence-corrected chi connectivity index (χ1v) is 11.1. The number of aromatic amines is 1. The smallest absolute Gasteiger partial charge is 0.330 e. The lowest BCUT2D eigenvalue weighted by Crippen LogP contribution is -2.39. The van der Waals surface area contributed by atoms with Crippen LogP contribution in [-0.4, -0.2) is 25.5 Å². The van der Waals surface area contributed by atoms with E-state index in [9.17, 15) is 9.59 Å². The number of imidazole rings is 1. The summed E-state index contributed by atoms with van der Waals surface area (Å²) in [5.41, 5.74) is 7.42. The average Bonchev–Trinajstić information content (AvgIpc) is 3.06. The molecule has 0 saturated carbocycles. The molecule has 0 fully saturated rings. The third-order valence-electron chi connectivity index (χ3n) is 5.06. The fourth-order valence-corrected chi connectivity index (χ4v) is 3.75. The van der Waals surface area contributed by atoms with E-state index >= 15 is 0 Å². The maximum Gasteiger partial charge on any atom is 0.330 e. The van der Waals surface area contributed by atoms with Gasteiger partial charge in [-0.15, -0.1) is 0 Å². The summed E-state index contributed by atoms with van der Waals surface area (Å²) in [5, 5.41) is 0. The van der Waals surface area contributed by atoms with Crippen LogP contribution in [0.5, 0.6) is 0 Å². The van der Waals surface area contributed by atoms with Crippen LogP contribution < -0.4 is 21.9 Å². The Labute approximate surface area is 183 Å². The number of H-pyrrole nitrogens is 1. The number of nitrogen functional groups attached to an aromatic ring is 1. The quantitative estimate of drug-likeness (QED) is 0.492. The van der Waals surface area contributed by atoms with Crippen molar-refractivity contribution in [1.29, 1.82) is 0 Å². The molecule has 0 aliphatic carbocycles. The number of hydrogen-bond donors (Lipinski definition) is 2. The molecule has 8 nitrogen and oxygen atoms in total. The van der Waals surface area contributed by atoms with E-state index in [1.54, 1.807) is 0 Å². The van der Waals surface area contributed by atoms with Crippen LogP contribution in [0.2, 0.25) is 0 Å². The number of aromatic nitrogens is 4. The Kier molecular flexibility index (Phi) is 7.02. The lowest BCUT2D eigenvalue weighted by Gasteiger charge is -2.26. The van der Waals surface area contributed by atoms with E-state index in [0.717, 1.165) is 35.1 Å². The van der Waals surface area contributed by atoms with Crippen molar-refractivity contribution in [3.63, 3.8) is 0 Å².